The first-order valence-corrected chi connectivity index (χ1v) is 20.2. The van der Waals surface area contributed by atoms with Gasteiger partial charge in [0.05, 0.1) is 0 Å². The molecule has 0 aromatic heterocycles. The molecule has 0 N–H and O–H groups in total. The molecule has 31 heavy (non-hydrogen) atoms. The normalized spacial score (nSPS) is 16.1. The summed E-state index contributed by atoms with van der Waals surface area (Å²) in [7, 11) is 0. The van der Waals surface area contributed by atoms with Crippen molar-refractivity contribution >= 4 is 6.71 Å². The third-order valence-corrected chi connectivity index (χ3v) is 13.6. The van der Waals surface area contributed by atoms with Crippen molar-refractivity contribution in [3.63, 3.8) is 0 Å². The first kappa shape index (κ1) is 28.5. The van der Waals surface area contributed by atoms with Crippen LogP contribution in [0.4, 0.5) is 4.39 Å². The first-order chi connectivity index (χ1) is 14.2. The van der Waals surface area contributed by atoms with Crippen molar-refractivity contribution in [1.82, 2.24) is 0 Å². The van der Waals surface area contributed by atoms with Crippen molar-refractivity contribution in [3.8, 4) is 11.1 Å². The molecule has 0 unspecified atom stereocenters. The topological polar surface area (TPSA) is 0 Å². The SMILES string of the molecule is CCc1ccc2c(c1)-c1ccccc1C2.FC1=CCC=C1.[Cl-].[Cl-].[Hf+2][SiH2]C1CCCCC1. The molecule has 3 aliphatic rings. The second-order valence-electron chi connectivity index (χ2n) is 8.11. The zero-order chi connectivity index (χ0) is 20.5. The first-order valence-electron chi connectivity index (χ1n) is 11.1. The van der Waals surface area contributed by atoms with Gasteiger partial charge in [-0.1, -0.05) is 55.5 Å². The summed E-state index contributed by atoms with van der Waals surface area (Å²) in [5.74, 6) is -0.102. The summed E-state index contributed by atoms with van der Waals surface area (Å²) in [6.07, 6.45) is 15.7. The molecule has 5 rings (SSSR count). The standard InChI is InChI=1S/C15H14.C6H13Si.C5H5F.2ClH.Hf/c1-2-11-7-8-13-10-12-5-3-4-6-14(12)15(13)9-11;7-6-4-2-1-3-5-6;6-5-3-1-2-4-5;;;/h3-9H,2,10H2,1H3;6H,1-5,7H2;1,3-4H,2H2;2*1H;/q;;;;;+2/p-2. The third kappa shape index (κ3) is 8.76. The van der Waals surface area contributed by atoms with Gasteiger partial charge >= 0.3 is 67.9 Å². The van der Waals surface area contributed by atoms with E-state index in [0.717, 1.165) is 19.3 Å². The van der Waals surface area contributed by atoms with Gasteiger partial charge in [-0.25, -0.2) is 4.39 Å². The maximum absolute atomic E-state index is 11.7. The van der Waals surface area contributed by atoms with Gasteiger partial charge in [-0.2, -0.15) is 0 Å². The quantitative estimate of drug-likeness (QED) is 0.367. The van der Waals surface area contributed by atoms with Crippen LogP contribution in [0.3, 0.4) is 0 Å². The van der Waals surface area contributed by atoms with Crippen LogP contribution in [0.25, 0.3) is 11.1 Å². The molecule has 0 radical (unpaired) electrons. The van der Waals surface area contributed by atoms with Gasteiger partial charge in [0.2, 0.25) is 0 Å². The van der Waals surface area contributed by atoms with E-state index in [-0.39, 0.29) is 30.6 Å². The molecule has 165 valence electrons. The number of hydrogen-bond donors (Lipinski definition) is 0. The molecule has 1 fully saturated rings. The number of hydrogen-bond acceptors (Lipinski definition) is 0. The summed E-state index contributed by atoms with van der Waals surface area (Å²) in [5, 5.41) is 0. The van der Waals surface area contributed by atoms with Crippen LogP contribution in [-0.2, 0) is 36.4 Å². The summed E-state index contributed by atoms with van der Waals surface area (Å²) >= 11 is 1.57. The minimum atomic E-state index is -0.102. The van der Waals surface area contributed by atoms with Crippen molar-refractivity contribution in [2.24, 2.45) is 0 Å². The van der Waals surface area contributed by atoms with E-state index in [1.165, 1.54) is 45.9 Å². The van der Waals surface area contributed by atoms with Crippen LogP contribution in [0, 0.1) is 0 Å². The fourth-order valence-corrected chi connectivity index (χ4v) is 9.60. The van der Waals surface area contributed by atoms with Crippen molar-refractivity contribution in [2.75, 3.05) is 0 Å². The molecule has 0 aliphatic heterocycles. The van der Waals surface area contributed by atoms with Gasteiger partial charge in [-0.3, -0.25) is 0 Å². The fourth-order valence-electron chi connectivity index (χ4n) is 4.21. The molecule has 0 saturated heterocycles. The predicted molar refractivity (Wildman–Crippen MR) is 122 cm³/mol. The minimum absolute atomic E-state index is 0. The van der Waals surface area contributed by atoms with Gasteiger partial charge in [-0.15, -0.1) is 0 Å². The van der Waals surface area contributed by atoms with Crippen LogP contribution in [0.1, 0.15) is 62.1 Å². The van der Waals surface area contributed by atoms with E-state index >= 15 is 0 Å². The Balaban J connectivity index is 0.000000256. The maximum atomic E-state index is 11.7. The number of benzene rings is 2. The fraction of sp³-hybridized carbons (Fsp3) is 0.385. The van der Waals surface area contributed by atoms with Crippen LogP contribution < -0.4 is 24.8 Å². The van der Waals surface area contributed by atoms with Crippen LogP contribution in [0.15, 0.2) is 66.5 Å². The summed E-state index contributed by atoms with van der Waals surface area (Å²) in [6, 6.07) is 15.6. The van der Waals surface area contributed by atoms with Gasteiger partial charge in [0.25, 0.3) is 0 Å². The number of halogens is 3. The Morgan fingerprint density at radius 1 is 0.968 bits per heavy atom. The monoisotopic (exact) mass is 641 g/mol. The summed E-state index contributed by atoms with van der Waals surface area (Å²) < 4.78 is 11.7. The Morgan fingerprint density at radius 2 is 1.68 bits per heavy atom. The molecular formula is C26H32Cl2FHfSi. The Labute approximate surface area is 216 Å². The molecule has 0 amide bonds. The van der Waals surface area contributed by atoms with E-state index in [4.69, 9.17) is 0 Å². The molecule has 0 heterocycles. The second-order valence-corrected chi connectivity index (χ2v) is 14.1. The number of fused-ring (bicyclic) bond motifs is 3. The van der Waals surface area contributed by atoms with Crippen molar-refractivity contribution in [2.45, 2.75) is 63.8 Å². The van der Waals surface area contributed by atoms with Crippen molar-refractivity contribution in [3.05, 3.63) is 83.2 Å². The zero-order valence-electron chi connectivity index (χ0n) is 18.3. The van der Waals surface area contributed by atoms with E-state index in [9.17, 15) is 4.39 Å². The van der Waals surface area contributed by atoms with Gasteiger partial charge in [0, 0.05) is 0 Å². The summed E-state index contributed by atoms with van der Waals surface area (Å²) in [6.45, 7) is 2.72. The Kier molecular flexibility index (Phi) is 14.2. The van der Waals surface area contributed by atoms with Crippen LogP contribution in [-0.4, -0.2) is 6.71 Å². The van der Waals surface area contributed by atoms with E-state index in [0.29, 0.717) is 6.71 Å². The Hall–Kier alpha value is -0.483. The average molecular weight is 641 g/mol. The zero-order valence-corrected chi connectivity index (χ0v) is 24.9. The Bertz CT molecular complexity index is 857. The van der Waals surface area contributed by atoms with Crippen molar-refractivity contribution < 1.29 is 52.7 Å². The van der Waals surface area contributed by atoms with Gasteiger partial charge in [0.15, 0.2) is 0 Å². The molecule has 0 atom stereocenters. The van der Waals surface area contributed by atoms with Crippen LogP contribution in [0.2, 0.25) is 5.54 Å². The molecule has 0 bridgehead atoms. The molecular weight excluding hydrogens is 609 g/mol. The van der Waals surface area contributed by atoms with Gasteiger partial charge < -0.3 is 24.8 Å². The summed E-state index contributed by atoms with van der Waals surface area (Å²) in [5.41, 5.74) is 8.56. The molecule has 0 spiro atoms. The average Bonchev–Trinajstić information content (AvgIpc) is 3.41. The predicted octanol–water partition coefficient (Wildman–Crippen LogP) is 0.997. The molecule has 5 heteroatoms. The second kappa shape index (κ2) is 15.4. The van der Waals surface area contributed by atoms with Gasteiger partial charge in [-0.05, 0) is 59.2 Å². The van der Waals surface area contributed by atoms with Gasteiger partial charge in [0.1, 0.15) is 5.83 Å². The van der Waals surface area contributed by atoms with E-state index < -0.39 is 0 Å². The number of allylic oxidation sites excluding steroid dienone is 4. The summed E-state index contributed by atoms with van der Waals surface area (Å²) in [4.78, 5) is 0. The molecule has 1 saturated carbocycles. The molecule has 0 nitrogen and oxygen atoms in total. The molecule has 2 aromatic rings. The number of rotatable bonds is 2. The van der Waals surface area contributed by atoms with E-state index in [1.807, 2.05) is 0 Å². The third-order valence-electron chi connectivity index (χ3n) is 6.01. The van der Waals surface area contributed by atoms with E-state index in [1.54, 1.807) is 61.4 Å². The molecule has 2 aromatic carbocycles. The number of aryl methyl sites for hydroxylation is 1. The van der Waals surface area contributed by atoms with Crippen LogP contribution in [0.5, 0.6) is 0 Å². The Morgan fingerprint density at radius 3 is 2.23 bits per heavy atom. The van der Waals surface area contributed by atoms with Crippen molar-refractivity contribution in [1.29, 1.82) is 0 Å². The van der Waals surface area contributed by atoms with Crippen LogP contribution >= 0.6 is 0 Å². The molecule has 3 aliphatic carbocycles. The van der Waals surface area contributed by atoms with E-state index in [2.05, 4.69) is 49.4 Å².